The third-order valence-electron chi connectivity index (χ3n) is 8.70. The van der Waals surface area contributed by atoms with Crippen LogP contribution in [0.5, 0.6) is 0 Å². The van der Waals surface area contributed by atoms with E-state index in [1.807, 2.05) is 0 Å². The van der Waals surface area contributed by atoms with Gasteiger partial charge in [0.05, 0.1) is 13.2 Å². The third kappa shape index (κ3) is 13.8. The normalized spacial score (nSPS) is 14.3. The Bertz CT molecular complexity index is 960. The molecule has 236 valence electrons. The van der Waals surface area contributed by atoms with Crippen LogP contribution in [0.3, 0.4) is 0 Å². The molecule has 0 aromatic heterocycles. The van der Waals surface area contributed by atoms with E-state index < -0.39 is 24.2 Å². The van der Waals surface area contributed by atoms with Crippen molar-refractivity contribution in [1.82, 2.24) is 0 Å². The number of rotatable bonds is 23. The van der Waals surface area contributed by atoms with Crippen molar-refractivity contribution in [3.63, 3.8) is 0 Å². The van der Waals surface area contributed by atoms with Gasteiger partial charge in [0, 0.05) is 12.0 Å². The van der Waals surface area contributed by atoms with E-state index in [0.29, 0.717) is 6.42 Å². The Morgan fingerprint density at radius 2 is 1.12 bits per heavy atom. The number of aliphatic hydroxyl groups is 1. The molecule has 5 heteroatoms. The monoisotopic (exact) mass is 580 g/mol. The highest BCUT2D eigenvalue weighted by atomic mass is 16.5. The second kappa shape index (κ2) is 21.5. The second-order valence-electron chi connectivity index (χ2n) is 12.3. The molecule has 0 bridgehead atoms. The summed E-state index contributed by atoms with van der Waals surface area (Å²) in [4.78, 5) is 12.1. The lowest BCUT2D eigenvalue weighted by molar-refractivity contribution is -0.142. The Morgan fingerprint density at radius 1 is 0.690 bits per heavy atom. The van der Waals surface area contributed by atoms with Crippen LogP contribution in [0.25, 0.3) is 0 Å². The van der Waals surface area contributed by atoms with E-state index in [1.165, 1.54) is 101 Å². The summed E-state index contributed by atoms with van der Waals surface area (Å²) in [6.45, 7) is 4.50. The molecule has 4 unspecified atom stereocenters. The highest BCUT2D eigenvalue weighted by Gasteiger charge is 2.30. The van der Waals surface area contributed by atoms with Crippen LogP contribution < -0.4 is 11.5 Å². The highest BCUT2D eigenvalue weighted by molar-refractivity contribution is 5.75. The molecule has 2 aromatic carbocycles. The number of carbonyl (C=O) groups excluding carboxylic acids is 1. The molecule has 0 fully saturated rings. The van der Waals surface area contributed by atoms with Crippen LogP contribution in [0, 0.1) is 0 Å². The number of methoxy groups -OCH3 is 1. The molecule has 0 aliphatic rings. The van der Waals surface area contributed by atoms with Crippen LogP contribution in [-0.2, 0) is 28.8 Å². The molecule has 0 spiro atoms. The summed E-state index contributed by atoms with van der Waals surface area (Å²) in [6, 6.07) is 16.0. The Labute approximate surface area is 256 Å². The number of carbonyl (C=O) groups is 1. The topological polar surface area (TPSA) is 98.6 Å². The summed E-state index contributed by atoms with van der Waals surface area (Å²) in [5.74, 6) is -0.821. The minimum atomic E-state index is -0.822. The lowest BCUT2D eigenvalue weighted by atomic mass is 9.82. The third-order valence-corrected chi connectivity index (χ3v) is 8.70. The maximum atomic E-state index is 12.1. The Kier molecular flexibility index (Phi) is 18.4. The van der Waals surface area contributed by atoms with Crippen molar-refractivity contribution in [1.29, 1.82) is 0 Å². The predicted octanol–water partition coefficient (Wildman–Crippen LogP) is 7.79. The van der Waals surface area contributed by atoms with E-state index >= 15 is 0 Å². The first-order valence-corrected chi connectivity index (χ1v) is 16.8. The number of esters is 1. The summed E-state index contributed by atoms with van der Waals surface area (Å²) in [7, 11) is 1.34. The van der Waals surface area contributed by atoms with Crippen LogP contribution in [0.1, 0.15) is 132 Å². The lowest BCUT2D eigenvalue weighted by Crippen LogP contribution is -2.43. The molecule has 0 saturated carbocycles. The summed E-state index contributed by atoms with van der Waals surface area (Å²) < 4.78 is 4.87. The van der Waals surface area contributed by atoms with E-state index in [-0.39, 0.29) is 12.3 Å². The summed E-state index contributed by atoms with van der Waals surface area (Å²) in [5, 5.41) is 11.4. The van der Waals surface area contributed by atoms with Gasteiger partial charge in [-0.3, -0.25) is 4.79 Å². The molecule has 0 radical (unpaired) electrons. The SMILES string of the molecule is CCCCCCCCc1ccc(CCC(N)C(O)C(CC(N)C(=O)OC)c2ccc(CCCCCCCC)cc2)cc1. The first kappa shape index (κ1) is 36.0. The van der Waals surface area contributed by atoms with E-state index in [9.17, 15) is 9.90 Å². The van der Waals surface area contributed by atoms with Crippen molar-refractivity contribution >= 4 is 5.97 Å². The van der Waals surface area contributed by atoms with E-state index in [4.69, 9.17) is 16.2 Å². The van der Waals surface area contributed by atoms with Gasteiger partial charge in [-0.05, 0) is 67.2 Å². The van der Waals surface area contributed by atoms with Crippen molar-refractivity contribution in [2.75, 3.05) is 7.11 Å². The van der Waals surface area contributed by atoms with E-state index in [2.05, 4.69) is 62.4 Å². The molecule has 0 amide bonds. The summed E-state index contributed by atoms with van der Waals surface area (Å²) >= 11 is 0. The molecule has 0 heterocycles. The van der Waals surface area contributed by atoms with Gasteiger partial charge in [-0.25, -0.2) is 0 Å². The molecule has 0 aliphatic carbocycles. The van der Waals surface area contributed by atoms with Gasteiger partial charge in [0.1, 0.15) is 6.04 Å². The predicted molar refractivity (Wildman–Crippen MR) is 177 cm³/mol. The van der Waals surface area contributed by atoms with Gasteiger partial charge in [-0.2, -0.15) is 0 Å². The fourth-order valence-electron chi connectivity index (χ4n) is 5.82. The average Bonchev–Trinajstić information content (AvgIpc) is 3.02. The first-order chi connectivity index (χ1) is 20.4. The smallest absolute Gasteiger partial charge is 0.322 e. The maximum absolute atomic E-state index is 12.1. The van der Waals surface area contributed by atoms with Gasteiger partial charge < -0.3 is 21.3 Å². The Balaban J connectivity index is 1.94. The quantitative estimate of drug-likeness (QED) is 0.0920. The van der Waals surface area contributed by atoms with Gasteiger partial charge in [-0.15, -0.1) is 0 Å². The van der Waals surface area contributed by atoms with Crippen molar-refractivity contribution < 1.29 is 14.6 Å². The number of unbranched alkanes of at least 4 members (excludes halogenated alkanes) is 10. The summed E-state index contributed by atoms with van der Waals surface area (Å²) in [6.07, 6.45) is 18.6. The Hall–Kier alpha value is -2.21. The van der Waals surface area contributed by atoms with Crippen LogP contribution in [0.15, 0.2) is 48.5 Å². The zero-order valence-corrected chi connectivity index (χ0v) is 26.9. The summed E-state index contributed by atoms with van der Waals surface area (Å²) in [5.41, 5.74) is 17.6. The standard InChI is InChI=1S/C37H60N2O3/c1-4-6-8-10-12-14-16-29-18-20-31(21-19-29)24-27-34(38)36(40)33(28-35(39)37(41)42-3)32-25-22-30(23-26-32)17-15-13-11-9-7-5-2/h18-23,25-26,33-36,40H,4-17,24,27-28,38-39H2,1-3H3. The first-order valence-electron chi connectivity index (χ1n) is 16.8. The number of nitrogens with two attached hydrogens (primary N) is 2. The second-order valence-corrected chi connectivity index (χ2v) is 12.3. The molecule has 0 aliphatic heterocycles. The molecule has 42 heavy (non-hydrogen) atoms. The van der Waals surface area contributed by atoms with Crippen LogP contribution in [0.2, 0.25) is 0 Å². The number of hydrogen-bond acceptors (Lipinski definition) is 5. The van der Waals surface area contributed by atoms with Crippen LogP contribution >= 0.6 is 0 Å². The molecule has 4 atom stereocenters. The minimum Gasteiger partial charge on any atom is -0.468 e. The fraction of sp³-hybridized carbons (Fsp3) is 0.649. The van der Waals surface area contributed by atoms with Gasteiger partial charge in [-0.1, -0.05) is 127 Å². The van der Waals surface area contributed by atoms with Gasteiger partial charge in [0.2, 0.25) is 0 Å². The van der Waals surface area contributed by atoms with Gasteiger partial charge >= 0.3 is 5.97 Å². The number of aliphatic hydroxyl groups excluding tert-OH is 1. The van der Waals surface area contributed by atoms with Gasteiger partial charge in [0.25, 0.3) is 0 Å². The highest BCUT2D eigenvalue weighted by Crippen LogP contribution is 2.29. The molecule has 2 aromatic rings. The van der Waals surface area contributed by atoms with Crippen molar-refractivity contribution in [3.05, 3.63) is 70.8 Å². The van der Waals surface area contributed by atoms with Gasteiger partial charge in [0.15, 0.2) is 0 Å². The largest absolute Gasteiger partial charge is 0.468 e. The molecular formula is C37H60N2O3. The van der Waals surface area contributed by atoms with Crippen molar-refractivity contribution in [2.24, 2.45) is 11.5 Å². The van der Waals surface area contributed by atoms with Crippen LogP contribution in [-0.4, -0.2) is 36.4 Å². The Morgan fingerprint density at radius 3 is 1.60 bits per heavy atom. The lowest BCUT2D eigenvalue weighted by Gasteiger charge is -2.29. The zero-order valence-electron chi connectivity index (χ0n) is 26.9. The number of ether oxygens (including phenoxy) is 1. The fourth-order valence-corrected chi connectivity index (χ4v) is 5.82. The molecule has 5 nitrogen and oxygen atoms in total. The zero-order chi connectivity index (χ0) is 30.6. The molecular weight excluding hydrogens is 520 g/mol. The minimum absolute atomic E-state index is 0.283. The van der Waals surface area contributed by atoms with Crippen molar-refractivity contribution in [3.8, 4) is 0 Å². The average molecular weight is 581 g/mol. The number of aryl methyl sites for hydroxylation is 3. The number of benzene rings is 2. The molecule has 0 saturated heterocycles. The molecule has 5 N–H and O–H groups in total. The van der Waals surface area contributed by atoms with Crippen molar-refractivity contribution in [2.45, 2.75) is 147 Å². The van der Waals surface area contributed by atoms with E-state index in [0.717, 1.165) is 24.8 Å². The molecule has 2 rings (SSSR count). The van der Waals surface area contributed by atoms with E-state index in [1.54, 1.807) is 0 Å². The van der Waals surface area contributed by atoms with Crippen LogP contribution in [0.4, 0.5) is 0 Å². The number of hydrogen-bond donors (Lipinski definition) is 3. The maximum Gasteiger partial charge on any atom is 0.322 e.